The maximum atomic E-state index is 13.7. The lowest BCUT2D eigenvalue weighted by atomic mass is 10.1. The number of nitrogens with one attached hydrogen (secondary N) is 1. The van der Waals surface area contributed by atoms with E-state index in [1.807, 2.05) is 24.1 Å². The first kappa shape index (κ1) is 15.7. The molecule has 0 aromatic heterocycles. The van der Waals surface area contributed by atoms with Gasteiger partial charge in [0.25, 0.3) is 0 Å². The number of halogens is 1. The molecule has 0 aliphatic heterocycles. The normalized spacial score (nSPS) is 11.0. The van der Waals surface area contributed by atoms with E-state index in [2.05, 4.69) is 25.1 Å². The zero-order chi connectivity index (χ0) is 14.3. The van der Waals surface area contributed by atoms with Crippen LogP contribution in [0.4, 0.5) is 4.39 Å². The zero-order valence-corrected chi connectivity index (χ0v) is 12.0. The van der Waals surface area contributed by atoms with E-state index in [0.717, 1.165) is 18.7 Å². The third kappa shape index (κ3) is 5.87. The molecule has 0 heterocycles. The second-order valence-electron chi connectivity index (χ2n) is 5.33. The Labute approximate surface area is 116 Å². The predicted octanol–water partition coefficient (Wildman–Crippen LogP) is 2.64. The zero-order valence-electron chi connectivity index (χ0n) is 12.0. The highest BCUT2D eigenvalue weighted by atomic mass is 19.1. The van der Waals surface area contributed by atoms with Crippen molar-refractivity contribution in [3.05, 3.63) is 35.1 Å². The average molecular weight is 262 g/mol. The van der Waals surface area contributed by atoms with Crippen molar-refractivity contribution < 1.29 is 4.39 Å². The van der Waals surface area contributed by atoms with Gasteiger partial charge in [-0.15, -0.1) is 6.42 Å². The first-order valence-corrected chi connectivity index (χ1v) is 6.63. The molecule has 1 N–H and O–H groups in total. The minimum absolute atomic E-state index is 0.170. The van der Waals surface area contributed by atoms with Crippen LogP contribution in [0.1, 0.15) is 25.0 Å². The molecule has 0 saturated carbocycles. The second-order valence-corrected chi connectivity index (χ2v) is 5.33. The summed E-state index contributed by atoms with van der Waals surface area (Å²) in [5.41, 5.74) is 1.80. The summed E-state index contributed by atoms with van der Waals surface area (Å²) in [5, 5.41) is 3.36. The van der Waals surface area contributed by atoms with Gasteiger partial charge in [-0.2, -0.15) is 0 Å². The molecule has 2 nitrogen and oxygen atoms in total. The summed E-state index contributed by atoms with van der Waals surface area (Å²) in [5.74, 6) is 3.00. The molecule has 0 saturated heterocycles. The fourth-order valence-electron chi connectivity index (χ4n) is 1.87. The predicted molar refractivity (Wildman–Crippen MR) is 78.1 cm³/mol. The van der Waals surface area contributed by atoms with E-state index in [0.29, 0.717) is 24.6 Å². The molecule has 0 atom stereocenters. The maximum absolute atomic E-state index is 13.7. The third-order valence-electron chi connectivity index (χ3n) is 2.79. The Morgan fingerprint density at radius 3 is 2.79 bits per heavy atom. The largest absolute Gasteiger partial charge is 0.312 e. The van der Waals surface area contributed by atoms with Crippen LogP contribution in [0.3, 0.4) is 0 Å². The van der Waals surface area contributed by atoms with Crippen molar-refractivity contribution in [2.24, 2.45) is 5.92 Å². The summed E-state index contributed by atoms with van der Waals surface area (Å²) in [6.45, 7) is 7.12. The molecule has 0 unspecified atom stereocenters. The molecule has 1 aromatic rings. The molecule has 0 aliphatic carbocycles. The summed E-state index contributed by atoms with van der Waals surface area (Å²) in [6.07, 6.45) is 5.25. The molecular weight excluding hydrogens is 239 g/mol. The van der Waals surface area contributed by atoms with Crippen LogP contribution >= 0.6 is 0 Å². The van der Waals surface area contributed by atoms with Crippen molar-refractivity contribution in [3.63, 3.8) is 0 Å². The van der Waals surface area contributed by atoms with Crippen molar-refractivity contribution in [3.8, 4) is 12.3 Å². The number of benzene rings is 1. The summed E-state index contributed by atoms with van der Waals surface area (Å²) < 4.78 is 13.7. The Hall–Kier alpha value is -1.37. The van der Waals surface area contributed by atoms with Crippen molar-refractivity contribution in [1.29, 1.82) is 0 Å². The van der Waals surface area contributed by atoms with Crippen molar-refractivity contribution in [1.82, 2.24) is 10.2 Å². The Bertz CT molecular complexity index is 435. The minimum atomic E-state index is -0.170. The fourth-order valence-corrected chi connectivity index (χ4v) is 1.87. The molecule has 0 radical (unpaired) electrons. The minimum Gasteiger partial charge on any atom is -0.312 e. The van der Waals surface area contributed by atoms with Gasteiger partial charge < -0.3 is 5.32 Å². The Morgan fingerprint density at radius 2 is 2.16 bits per heavy atom. The molecule has 0 fully saturated rings. The Kier molecular flexibility index (Phi) is 6.55. The van der Waals surface area contributed by atoms with E-state index in [1.165, 1.54) is 6.07 Å². The first-order chi connectivity index (χ1) is 9.02. The van der Waals surface area contributed by atoms with Gasteiger partial charge in [0.15, 0.2) is 0 Å². The highest BCUT2D eigenvalue weighted by Gasteiger charge is 2.06. The summed E-state index contributed by atoms with van der Waals surface area (Å²) >= 11 is 0. The molecule has 0 spiro atoms. The number of terminal acetylenes is 1. The highest BCUT2D eigenvalue weighted by molar-refractivity contribution is 5.25. The van der Waals surface area contributed by atoms with Gasteiger partial charge in [0.2, 0.25) is 0 Å². The van der Waals surface area contributed by atoms with Crippen LogP contribution in [0.25, 0.3) is 0 Å². The standard InChI is InChI=1S/C16H23FN2/c1-5-8-19(4)12-15-9-14(6-7-16(15)17)11-18-10-13(2)3/h1,6-7,9,13,18H,8,10-12H2,2-4H3. The summed E-state index contributed by atoms with van der Waals surface area (Å²) in [6, 6.07) is 5.27. The number of nitrogens with zero attached hydrogens (tertiary/aromatic N) is 1. The maximum Gasteiger partial charge on any atom is 0.127 e. The molecular formula is C16H23FN2. The van der Waals surface area contributed by atoms with Crippen molar-refractivity contribution in [2.75, 3.05) is 20.1 Å². The third-order valence-corrected chi connectivity index (χ3v) is 2.79. The monoisotopic (exact) mass is 262 g/mol. The van der Waals surface area contributed by atoms with Gasteiger partial charge >= 0.3 is 0 Å². The molecule has 0 bridgehead atoms. The lowest BCUT2D eigenvalue weighted by Gasteiger charge is -2.15. The average Bonchev–Trinajstić information content (AvgIpc) is 2.33. The molecule has 104 valence electrons. The van der Waals surface area contributed by atoms with E-state index in [9.17, 15) is 4.39 Å². The lowest BCUT2D eigenvalue weighted by Crippen LogP contribution is -2.20. The van der Waals surface area contributed by atoms with Crippen LogP contribution in [0.2, 0.25) is 0 Å². The highest BCUT2D eigenvalue weighted by Crippen LogP contribution is 2.12. The first-order valence-electron chi connectivity index (χ1n) is 6.63. The molecule has 0 amide bonds. The van der Waals surface area contributed by atoms with E-state index in [4.69, 9.17) is 6.42 Å². The summed E-state index contributed by atoms with van der Waals surface area (Å²) in [4.78, 5) is 1.92. The van der Waals surface area contributed by atoms with Crippen molar-refractivity contribution in [2.45, 2.75) is 26.9 Å². The van der Waals surface area contributed by atoms with Gasteiger partial charge in [-0.25, -0.2) is 4.39 Å². The van der Waals surface area contributed by atoms with Crippen LogP contribution in [0.15, 0.2) is 18.2 Å². The van der Waals surface area contributed by atoms with Gasteiger partial charge in [0, 0.05) is 18.7 Å². The van der Waals surface area contributed by atoms with E-state index in [-0.39, 0.29) is 5.82 Å². The SMILES string of the molecule is C#CCN(C)Cc1cc(CNCC(C)C)ccc1F. The number of hydrogen-bond acceptors (Lipinski definition) is 2. The van der Waals surface area contributed by atoms with E-state index in [1.54, 1.807) is 0 Å². The second kappa shape index (κ2) is 7.93. The smallest absolute Gasteiger partial charge is 0.127 e. The number of hydrogen-bond donors (Lipinski definition) is 1. The van der Waals surface area contributed by atoms with Crippen LogP contribution in [-0.2, 0) is 13.1 Å². The van der Waals surface area contributed by atoms with Crippen LogP contribution < -0.4 is 5.32 Å². The fraction of sp³-hybridized carbons (Fsp3) is 0.500. The van der Waals surface area contributed by atoms with Gasteiger partial charge in [0.1, 0.15) is 5.82 Å². The van der Waals surface area contributed by atoms with Crippen molar-refractivity contribution >= 4 is 0 Å². The van der Waals surface area contributed by atoms with Gasteiger partial charge in [0.05, 0.1) is 6.54 Å². The molecule has 3 heteroatoms. The molecule has 19 heavy (non-hydrogen) atoms. The van der Waals surface area contributed by atoms with Gasteiger partial charge in [-0.1, -0.05) is 31.9 Å². The van der Waals surface area contributed by atoms with E-state index < -0.39 is 0 Å². The number of rotatable bonds is 7. The lowest BCUT2D eigenvalue weighted by molar-refractivity contribution is 0.361. The van der Waals surface area contributed by atoms with Gasteiger partial charge in [-0.3, -0.25) is 4.90 Å². The van der Waals surface area contributed by atoms with Crippen LogP contribution in [0, 0.1) is 24.1 Å². The van der Waals surface area contributed by atoms with Crippen LogP contribution in [0.5, 0.6) is 0 Å². The molecule has 1 rings (SSSR count). The molecule has 0 aliphatic rings. The Morgan fingerprint density at radius 1 is 1.42 bits per heavy atom. The quantitative estimate of drug-likeness (QED) is 0.760. The van der Waals surface area contributed by atoms with Crippen LogP contribution in [-0.4, -0.2) is 25.0 Å². The summed E-state index contributed by atoms with van der Waals surface area (Å²) in [7, 11) is 1.89. The van der Waals surface area contributed by atoms with E-state index >= 15 is 0 Å². The van der Waals surface area contributed by atoms with Gasteiger partial charge in [-0.05, 0) is 31.1 Å². The molecule has 1 aromatic carbocycles. The Balaban J connectivity index is 2.63. The topological polar surface area (TPSA) is 15.3 Å².